The first-order valence-electron chi connectivity index (χ1n) is 9.26. The number of halogens is 1. The second-order valence-corrected chi connectivity index (χ2v) is 7.77. The van der Waals surface area contributed by atoms with Crippen molar-refractivity contribution in [3.8, 4) is 0 Å². The quantitative estimate of drug-likeness (QED) is 0.585. The van der Waals surface area contributed by atoms with E-state index in [9.17, 15) is 4.39 Å². The van der Waals surface area contributed by atoms with E-state index in [0.717, 1.165) is 42.5 Å². The number of hydrogen-bond acceptors (Lipinski definition) is 4. The van der Waals surface area contributed by atoms with E-state index in [1.165, 1.54) is 25.5 Å². The average molecular weight is 381 g/mol. The van der Waals surface area contributed by atoms with Gasteiger partial charge < -0.3 is 15.4 Å². The summed E-state index contributed by atoms with van der Waals surface area (Å²) in [6.45, 7) is 4.39. The first-order chi connectivity index (χ1) is 12.7. The van der Waals surface area contributed by atoms with Gasteiger partial charge in [0.15, 0.2) is 5.96 Å². The molecule has 0 saturated carbocycles. The molecule has 2 saturated heterocycles. The lowest BCUT2D eigenvalue weighted by Crippen LogP contribution is -2.51. The Bertz CT molecular complexity index is 628. The van der Waals surface area contributed by atoms with Crippen LogP contribution in [0.3, 0.4) is 0 Å². The summed E-state index contributed by atoms with van der Waals surface area (Å²) in [4.78, 5) is 6.83. The van der Waals surface area contributed by atoms with Gasteiger partial charge in [0.05, 0.1) is 12.7 Å². The summed E-state index contributed by atoms with van der Waals surface area (Å²) < 4.78 is 19.5. The Kier molecular flexibility index (Phi) is 7.16. The molecule has 7 heteroatoms. The summed E-state index contributed by atoms with van der Waals surface area (Å²) in [7, 11) is 1.76. The molecule has 5 nitrogen and oxygen atoms in total. The number of fused-ring (bicyclic) bond motifs is 1. The highest BCUT2D eigenvalue weighted by molar-refractivity contribution is 7.97. The van der Waals surface area contributed by atoms with Crippen molar-refractivity contribution in [2.75, 3.05) is 39.5 Å². The molecule has 2 unspecified atom stereocenters. The molecule has 26 heavy (non-hydrogen) atoms. The normalized spacial score (nSPS) is 23.7. The maximum absolute atomic E-state index is 13.5. The molecule has 0 spiro atoms. The molecule has 0 aromatic heterocycles. The van der Waals surface area contributed by atoms with Crippen molar-refractivity contribution in [2.45, 2.75) is 37.3 Å². The molecule has 2 atom stereocenters. The number of rotatable bonds is 6. The number of morpholine rings is 1. The minimum Gasteiger partial charge on any atom is -0.373 e. The van der Waals surface area contributed by atoms with Crippen LogP contribution in [0.25, 0.3) is 0 Å². The van der Waals surface area contributed by atoms with Gasteiger partial charge in [0.25, 0.3) is 0 Å². The predicted molar refractivity (Wildman–Crippen MR) is 106 cm³/mol. The minimum atomic E-state index is -0.185. The summed E-state index contributed by atoms with van der Waals surface area (Å²) in [5.41, 5.74) is 2.12. The molecule has 1 aromatic rings. The number of ether oxygens (including phenoxy) is 1. The minimum absolute atomic E-state index is 0.185. The molecule has 2 fully saturated rings. The molecular formula is C19H29FN4OS. The third-order valence-electron chi connectivity index (χ3n) is 5.10. The Balaban J connectivity index is 1.48. The molecule has 2 N–H and O–H groups in total. The van der Waals surface area contributed by atoms with Crippen molar-refractivity contribution in [1.29, 1.82) is 0 Å². The number of thioether (sulfide) groups is 1. The highest BCUT2D eigenvalue weighted by atomic mass is 32.2. The second-order valence-electron chi connectivity index (χ2n) is 6.90. The SMILES string of the molecule is CN=C(NCc1ccc(F)cc1CSC)NCC1CN2CCCC2CO1. The zero-order valence-corrected chi connectivity index (χ0v) is 16.4. The van der Waals surface area contributed by atoms with Gasteiger partial charge in [-0.1, -0.05) is 6.07 Å². The molecule has 2 aliphatic heterocycles. The number of aliphatic imine (C=N–C) groups is 1. The molecular weight excluding hydrogens is 351 g/mol. The topological polar surface area (TPSA) is 48.9 Å². The number of guanidine groups is 1. The predicted octanol–water partition coefficient (Wildman–Crippen LogP) is 2.22. The molecule has 0 aliphatic carbocycles. The summed E-state index contributed by atoms with van der Waals surface area (Å²) in [6, 6.07) is 5.60. The highest BCUT2D eigenvalue weighted by Gasteiger charge is 2.32. The summed E-state index contributed by atoms with van der Waals surface area (Å²) >= 11 is 1.69. The van der Waals surface area contributed by atoms with Gasteiger partial charge in [-0.25, -0.2) is 4.39 Å². The van der Waals surface area contributed by atoms with E-state index in [1.807, 2.05) is 12.3 Å². The molecule has 0 radical (unpaired) electrons. The zero-order valence-electron chi connectivity index (χ0n) is 15.6. The maximum Gasteiger partial charge on any atom is 0.191 e. The smallest absolute Gasteiger partial charge is 0.191 e. The van der Waals surface area contributed by atoms with Gasteiger partial charge in [0.1, 0.15) is 5.82 Å². The Labute approximate surface area is 159 Å². The van der Waals surface area contributed by atoms with Crippen LogP contribution in [0.1, 0.15) is 24.0 Å². The maximum atomic E-state index is 13.5. The largest absolute Gasteiger partial charge is 0.373 e. The van der Waals surface area contributed by atoms with E-state index in [4.69, 9.17) is 4.74 Å². The van der Waals surface area contributed by atoms with Gasteiger partial charge in [-0.3, -0.25) is 9.89 Å². The first kappa shape index (κ1) is 19.5. The van der Waals surface area contributed by atoms with Crippen LogP contribution < -0.4 is 10.6 Å². The fourth-order valence-electron chi connectivity index (χ4n) is 3.68. The average Bonchev–Trinajstić information content (AvgIpc) is 3.11. The van der Waals surface area contributed by atoms with E-state index >= 15 is 0 Å². The standard InChI is InChI=1S/C19H29FN4OS/c1-21-19(22-9-14-5-6-16(20)8-15(14)13-26-2)23-10-18-11-24-7-3-4-17(24)12-25-18/h5-6,8,17-18H,3-4,7,9-13H2,1-2H3,(H2,21,22,23). The van der Waals surface area contributed by atoms with Crippen molar-refractivity contribution in [2.24, 2.45) is 4.99 Å². The van der Waals surface area contributed by atoms with Gasteiger partial charge in [-0.15, -0.1) is 0 Å². The zero-order chi connectivity index (χ0) is 18.4. The molecule has 0 bridgehead atoms. The van der Waals surface area contributed by atoms with Crippen molar-refractivity contribution < 1.29 is 9.13 Å². The van der Waals surface area contributed by atoms with Gasteiger partial charge in [-0.2, -0.15) is 11.8 Å². The van der Waals surface area contributed by atoms with E-state index in [2.05, 4.69) is 20.5 Å². The van der Waals surface area contributed by atoms with Gasteiger partial charge in [0.2, 0.25) is 0 Å². The lowest BCUT2D eigenvalue weighted by atomic mass is 10.1. The summed E-state index contributed by atoms with van der Waals surface area (Å²) in [6.07, 6.45) is 4.77. The fraction of sp³-hybridized carbons (Fsp3) is 0.632. The van der Waals surface area contributed by atoms with Crippen LogP contribution in [-0.4, -0.2) is 62.5 Å². The van der Waals surface area contributed by atoms with Crippen molar-refractivity contribution in [1.82, 2.24) is 15.5 Å². The Morgan fingerprint density at radius 1 is 1.38 bits per heavy atom. The molecule has 1 aromatic carbocycles. The van der Waals surface area contributed by atoms with Crippen molar-refractivity contribution in [3.05, 3.63) is 35.1 Å². The van der Waals surface area contributed by atoms with Gasteiger partial charge in [-0.05, 0) is 48.9 Å². The van der Waals surface area contributed by atoms with Gasteiger partial charge in [0, 0.05) is 38.5 Å². The van der Waals surface area contributed by atoms with Crippen molar-refractivity contribution >= 4 is 17.7 Å². The van der Waals surface area contributed by atoms with Crippen LogP contribution in [-0.2, 0) is 17.0 Å². The molecule has 2 heterocycles. The molecule has 0 amide bonds. The van der Waals surface area contributed by atoms with E-state index < -0.39 is 0 Å². The monoisotopic (exact) mass is 380 g/mol. The van der Waals surface area contributed by atoms with E-state index in [1.54, 1.807) is 24.9 Å². The third-order valence-corrected chi connectivity index (χ3v) is 5.70. The van der Waals surface area contributed by atoms with Crippen molar-refractivity contribution in [3.63, 3.8) is 0 Å². The van der Waals surface area contributed by atoms with E-state index in [0.29, 0.717) is 12.6 Å². The molecule has 2 aliphatic rings. The number of benzene rings is 1. The number of hydrogen-bond donors (Lipinski definition) is 2. The van der Waals surface area contributed by atoms with E-state index in [-0.39, 0.29) is 11.9 Å². The lowest BCUT2D eigenvalue weighted by Gasteiger charge is -2.35. The number of nitrogens with one attached hydrogen (secondary N) is 2. The third kappa shape index (κ3) is 5.11. The van der Waals surface area contributed by atoms with Crippen LogP contribution in [0.2, 0.25) is 0 Å². The second kappa shape index (κ2) is 9.58. The van der Waals surface area contributed by atoms with Crippen LogP contribution in [0.5, 0.6) is 0 Å². The first-order valence-corrected chi connectivity index (χ1v) is 10.7. The van der Waals surface area contributed by atoms with Crippen LogP contribution >= 0.6 is 11.8 Å². The molecule has 144 valence electrons. The number of nitrogens with zero attached hydrogens (tertiary/aromatic N) is 2. The summed E-state index contributed by atoms with van der Waals surface area (Å²) in [5.74, 6) is 1.36. The van der Waals surface area contributed by atoms with Crippen LogP contribution in [0.15, 0.2) is 23.2 Å². The Hall–Kier alpha value is -1.31. The Morgan fingerprint density at radius 2 is 2.27 bits per heavy atom. The van der Waals surface area contributed by atoms with Gasteiger partial charge >= 0.3 is 0 Å². The fourth-order valence-corrected chi connectivity index (χ4v) is 4.26. The lowest BCUT2D eigenvalue weighted by molar-refractivity contribution is -0.0453. The van der Waals surface area contributed by atoms with Crippen LogP contribution in [0, 0.1) is 5.82 Å². The Morgan fingerprint density at radius 3 is 3.08 bits per heavy atom. The molecule has 3 rings (SSSR count). The highest BCUT2D eigenvalue weighted by Crippen LogP contribution is 2.22. The summed E-state index contributed by atoms with van der Waals surface area (Å²) in [5, 5.41) is 6.69. The van der Waals surface area contributed by atoms with Crippen LogP contribution in [0.4, 0.5) is 4.39 Å².